The molecule has 2 N–H and O–H groups in total. The van der Waals surface area contributed by atoms with Gasteiger partial charge in [-0.25, -0.2) is 8.42 Å². The monoisotopic (exact) mass is 233 g/mol. The lowest BCUT2D eigenvalue weighted by Gasteiger charge is -2.27. The maximum absolute atomic E-state index is 11.2. The van der Waals surface area contributed by atoms with Gasteiger partial charge in [0.2, 0.25) is 0 Å². The van der Waals surface area contributed by atoms with Crippen LogP contribution in [0.3, 0.4) is 0 Å². The summed E-state index contributed by atoms with van der Waals surface area (Å²) in [6, 6.07) is 0.474. The Labute approximate surface area is 91.0 Å². The molecule has 4 nitrogen and oxygen atoms in total. The summed E-state index contributed by atoms with van der Waals surface area (Å²) in [5, 5.41) is 13.0. The second kappa shape index (κ2) is 4.39. The largest absolute Gasteiger partial charge is 0.392 e. The molecule has 15 heavy (non-hydrogen) atoms. The Kier molecular flexibility index (Phi) is 3.33. The zero-order chi connectivity index (χ0) is 10.9. The minimum atomic E-state index is -2.77. The highest BCUT2D eigenvalue weighted by atomic mass is 32.2. The molecule has 1 aliphatic heterocycles. The van der Waals surface area contributed by atoms with E-state index in [2.05, 4.69) is 5.32 Å². The van der Waals surface area contributed by atoms with Gasteiger partial charge >= 0.3 is 0 Å². The number of rotatable bonds is 2. The van der Waals surface area contributed by atoms with Crippen LogP contribution >= 0.6 is 0 Å². The van der Waals surface area contributed by atoms with Crippen molar-refractivity contribution in [3.8, 4) is 0 Å². The normalized spacial score (nSPS) is 36.9. The highest BCUT2D eigenvalue weighted by molar-refractivity contribution is 7.91. The zero-order valence-electron chi connectivity index (χ0n) is 8.85. The molecule has 0 unspecified atom stereocenters. The van der Waals surface area contributed by atoms with E-state index in [1.165, 1.54) is 0 Å². The fourth-order valence-corrected chi connectivity index (χ4v) is 3.99. The van der Waals surface area contributed by atoms with Crippen LogP contribution in [0.4, 0.5) is 0 Å². The van der Waals surface area contributed by atoms with Crippen molar-refractivity contribution in [1.82, 2.24) is 5.32 Å². The van der Waals surface area contributed by atoms with Gasteiger partial charge < -0.3 is 10.4 Å². The molecule has 1 saturated carbocycles. The maximum atomic E-state index is 11.2. The molecule has 2 fully saturated rings. The number of aliphatic hydroxyl groups is 1. The van der Waals surface area contributed by atoms with Gasteiger partial charge in [0.05, 0.1) is 17.6 Å². The topological polar surface area (TPSA) is 66.4 Å². The molecule has 2 rings (SSSR count). The minimum Gasteiger partial charge on any atom is -0.392 e. The molecule has 1 aliphatic carbocycles. The number of hydrogen-bond donors (Lipinski definition) is 2. The highest BCUT2D eigenvalue weighted by Gasteiger charge is 2.30. The molecule has 0 radical (unpaired) electrons. The van der Waals surface area contributed by atoms with Crippen LogP contribution in [-0.4, -0.2) is 43.2 Å². The third-order valence-corrected chi connectivity index (χ3v) is 5.20. The Morgan fingerprint density at radius 2 is 1.73 bits per heavy atom. The van der Waals surface area contributed by atoms with Gasteiger partial charge in [-0.2, -0.15) is 0 Å². The molecular weight excluding hydrogens is 214 g/mol. The molecule has 5 heteroatoms. The summed E-state index contributed by atoms with van der Waals surface area (Å²) in [5.74, 6) is 0.598. The van der Waals surface area contributed by atoms with Crippen LogP contribution in [0.15, 0.2) is 0 Å². The Balaban J connectivity index is 1.81. The van der Waals surface area contributed by atoms with E-state index in [1.807, 2.05) is 0 Å². The van der Waals surface area contributed by atoms with E-state index >= 15 is 0 Å². The van der Waals surface area contributed by atoms with Gasteiger partial charge in [-0.1, -0.05) is 0 Å². The number of sulfone groups is 1. The van der Waals surface area contributed by atoms with E-state index in [9.17, 15) is 13.5 Å². The van der Waals surface area contributed by atoms with Crippen LogP contribution in [0.5, 0.6) is 0 Å². The summed E-state index contributed by atoms with van der Waals surface area (Å²) in [7, 11) is -2.77. The molecule has 0 spiro atoms. The lowest BCUT2D eigenvalue weighted by atomic mass is 10.1. The Morgan fingerprint density at radius 1 is 1.07 bits per heavy atom. The first-order valence-corrected chi connectivity index (χ1v) is 7.53. The van der Waals surface area contributed by atoms with Crippen molar-refractivity contribution in [1.29, 1.82) is 0 Å². The van der Waals surface area contributed by atoms with Gasteiger partial charge in [0, 0.05) is 12.1 Å². The summed E-state index contributed by atoms with van der Waals surface area (Å²) >= 11 is 0. The Morgan fingerprint density at radius 3 is 2.27 bits per heavy atom. The van der Waals surface area contributed by atoms with Crippen molar-refractivity contribution in [2.45, 2.75) is 50.3 Å². The number of hydrogen-bond acceptors (Lipinski definition) is 4. The van der Waals surface area contributed by atoms with Crippen LogP contribution in [0.1, 0.15) is 32.1 Å². The summed E-state index contributed by atoms with van der Waals surface area (Å²) < 4.78 is 22.4. The SMILES string of the molecule is O=S1(=O)CCC(N[C@H]2CCC[C@@H]2O)CC1. The quantitative estimate of drug-likeness (QED) is 0.708. The van der Waals surface area contributed by atoms with Gasteiger partial charge in [0.25, 0.3) is 0 Å². The van der Waals surface area contributed by atoms with E-state index < -0.39 is 9.84 Å². The molecule has 0 aromatic carbocycles. The summed E-state index contributed by atoms with van der Waals surface area (Å²) in [5.41, 5.74) is 0. The minimum absolute atomic E-state index is 0.191. The second-order valence-corrected chi connectivity index (χ2v) is 7.00. The lowest BCUT2D eigenvalue weighted by molar-refractivity contribution is 0.141. The molecular formula is C10H19NO3S. The molecule has 0 aromatic heterocycles. The number of nitrogens with one attached hydrogen (secondary N) is 1. The summed E-state index contributed by atoms with van der Waals surface area (Å²) in [4.78, 5) is 0. The van der Waals surface area contributed by atoms with Crippen molar-refractivity contribution < 1.29 is 13.5 Å². The highest BCUT2D eigenvalue weighted by Crippen LogP contribution is 2.21. The average molecular weight is 233 g/mol. The standard InChI is InChI=1S/C10H19NO3S/c12-10-3-1-2-9(10)11-8-4-6-15(13,14)7-5-8/h8-12H,1-7H2/t9-,10-/m0/s1. The first-order valence-electron chi connectivity index (χ1n) is 5.71. The van der Waals surface area contributed by atoms with Gasteiger partial charge in [0.15, 0.2) is 0 Å². The van der Waals surface area contributed by atoms with Gasteiger partial charge in [-0.3, -0.25) is 0 Å². The summed E-state index contributed by atoms with van der Waals surface area (Å²) in [6.45, 7) is 0. The lowest BCUT2D eigenvalue weighted by Crippen LogP contribution is -2.46. The van der Waals surface area contributed by atoms with Crippen molar-refractivity contribution in [3.63, 3.8) is 0 Å². The molecule has 0 bridgehead atoms. The van der Waals surface area contributed by atoms with Crippen LogP contribution in [-0.2, 0) is 9.84 Å². The van der Waals surface area contributed by atoms with E-state index in [-0.39, 0.29) is 18.2 Å². The van der Waals surface area contributed by atoms with Crippen LogP contribution in [0, 0.1) is 0 Å². The fraction of sp³-hybridized carbons (Fsp3) is 1.00. The molecule has 88 valence electrons. The average Bonchev–Trinajstić information content (AvgIpc) is 2.56. The van der Waals surface area contributed by atoms with Crippen molar-refractivity contribution in [3.05, 3.63) is 0 Å². The number of aliphatic hydroxyl groups excluding tert-OH is 1. The van der Waals surface area contributed by atoms with Crippen LogP contribution < -0.4 is 5.32 Å². The van der Waals surface area contributed by atoms with Gasteiger partial charge in [-0.05, 0) is 32.1 Å². The summed E-state index contributed by atoms with van der Waals surface area (Å²) in [6.07, 6.45) is 4.14. The van der Waals surface area contributed by atoms with Crippen LogP contribution in [0.2, 0.25) is 0 Å². The Bertz CT molecular complexity index is 301. The van der Waals surface area contributed by atoms with Gasteiger partial charge in [0.1, 0.15) is 9.84 Å². The third kappa shape index (κ3) is 2.92. The zero-order valence-corrected chi connectivity index (χ0v) is 9.67. The van der Waals surface area contributed by atoms with E-state index in [0.29, 0.717) is 24.3 Å². The third-order valence-electron chi connectivity index (χ3n) is 3.48. The predicted octanol–water partition coefficient (Wildman–Crippen LogP) is 0.0666. The van der Waals surface area contributed by atoms with Gasteiger partial charge in [-0.15, -0.1) is 0 Å². The fourth-order valence-electron chi connectivity index (χ4n) is 2.49. The van der Waals surface area contributed by atoms with E-state index in [4.69, 9.17) is 0 Å². The Hall–Kier alpha value is -0.130. The maximum Gasteiger partial charge on any atom is 0.150 e. The van der Waals surface area contributed by atoms with Crippen molar-refractivity contribution >= 4 is 9.84 Å². The smallest absolute Gasteiger partial charge is 0.150 e. The molecule has 0 amide bonds. The molecule has 1 saturated heterocycles. The first kappa shape index (κ1) is 11.4. The van der Waals surface area contributed by atoms with E-state index in [1.54, 1.807) is 0 Å². The molecule has 1 heterocycles. The molecule has 2 aliphatic rings. The second-order valence-electron chi connectivity index (χ2n) is 4.70. The van der Waals surface area contributed by atoms with E-state index in [0.717, 1.165) is 19.3 Å². The van der Waals surface area contributed by atoms with Crippen LogP contribution in [0.25, 0.3) is 0 Å². The molecule has 0 aromatic rings. The first-order chi connectivity index (χ1) is 7.07. The van der Waals surface area contributed by atoms with Crippen molar-refractivity contribution in [2.75, 3.05) is 11.5 Å². The molecule has 2 atom stereocenters. The predicted molar refractivity (Wildman–Crippen MR) is 58.5 cm³/mol. The van der Waals surface area contributed by atoms with Crippen molar-refractivity contribution in [2.24, 2.45) is 0 Å².